The molecule has 2 rings (SSSR count). The number of hydrogen-bond donors (Lipinski definition) is 1. The smallest absolute Gasteiger partial charge is 0.229 e. The molecule has 0 spiro atoms. The van der Waals surface area contributed by atoms with Gasteiger partial charge in [-0.2, -0.15) is 0 Å². The highest BCUT2D eigenvalue weighted by Crippen LogP contribution is 2.27. The molecule has 0 heterocycles. The van der Waals surface area contributed by atoms with E-state index in [0.29, 0.717) is 22.0 Å². The van der Waals surface area contributed by atoms with Gasteiger partial charge in [0, 0.05) is 5.02 Å². The molecule has 2 aromatic carbocycles. The molecule has 0 fully saturated rings. The van der Waals surface area contributed by atoms with Gasteiger partial charge in [0.05, 0.1) is 19.2 Å². The predicted molar refractivity (Wildman–Crippen MR) is 76.7 cm³/mol. The van der Waals surface area contributed by atoms with Crippen molar-refractivity contribution in [1.82, 2.24) is 0 Å². The molecular weight excluding hydrogens is 281 g/mol. The third kappa shape index (κ3) is 3.48. The van der Waals surface area contributed by atoms with E-state index in [1.165, 1.54) is 13.2 Å². The van der Waals surface area contributed by atoms with Crippen molar-refractivity contribution < 1.29 is 13.9 Å². The molecule has 0 saturated carbocycles. The Morgan fingerprint density at radius 1 is 1.30 bits per heavy atom. The lowest BCUT2D eigenvalue weighted by molar-refractivity contribution is -0.115. The fraction of sp³-hybridized carbons (Fsp3) is 0.133. The van der Waals surface area contributed by atoms with E-state index in [-0.39, 0.29) is 12.3 Å². The normalized spacial score (nSPS) is 10.2. The van der Waals surface area contributed by atoms with E-state index in [1.54, 1.807) is 36.4 Å². The van der Waals surface area contributed by atoms with Crippen molar-refractivity contribution in [3.63, 3.8) is 0 Å². The summed E-state index contributed by atoms with van der Waals surface area (Å²) < 4.78 is 18.6. The molecule has 0 unspecified atom stereocenters. The van der Waals surface area contributed by atoms with Gasteiger partial charge in [-0.1, -0.05) is 29.8 Å². The largest absolute Gasteiger partial charge is 0.495 e. The maximum atomic E-state index is 13.5. The number of benzene rings is 2. The second-order valence-corrected chi connectivity index (χ2v) is 4.60. The number of rotatable bonds is 4. The minimum atomic E-state index is -0.402. The molecule has 0 bridgehead atoms. The van der Waals surface area contributed by atoms with Crippen LogP contribution in [0.4, 0.5) is 10.1 Å². The van der Waals surface area contributed by atoms with Crippen LogP contribution in [0.5, 0.6) is 5.75 Å². The average Bonchev–Trinajstić information content (AvgIpc) is 2.41. The molecule has 0 atom stereocenters. The first-order valence-electron chi connectivity index (χ1n) is 5.97. The molecule has 0 radical (unpaired) electrons. The van der Waals surface area contributed by atoms with E-state index in [0.717, 1.165) is 0 Å². The second-order valence-electron chi connectivity index (χ2n) is 4.16. The van der Waals surface area contributed by atoms with Gasteiger partial charge in [0.2, 0.25) is 5.91 Å². The molecular formula is C15H13ClFNO2. The SMILES string of the molecule is COc1ccc(Cl)cc1NC(=O)Cc1ccccc1F. The van der Waals surface area contributed by atoms with Crippen molar-refractivity contribution in [1.29, 1.82) is 0 Å². The van der Waals surface area contributed by atoms with Crippen LogP contribution in [-0.2, 0) is 11.2 Å². The van der Waals surface area contributed by atoms with E-state index in [4.69, 9.17) is 16.3 Å². The maximum absolute atomic E-state index is 13.5. The third-order valence-corrected chi connectivity index (χ3v) is 2.98. The highest BCUT2D eigenvalue weighted by atomic mass is 35.5. The number of methoxy groups -OCH3 is 1. The van der Waals surface area contributed by atoms with Crippen LogP contribution in [0, 0.1) is 5.82 Å². The zero-order valence-corrected chi connectivity index (χ0v) is 11.6. The molecule has 104 valence electrons. The van der Waals surface area contributed by atoms with Crippen molar-refractivity contribution in [2.75, 3.05) is 12.4 Å². The van der Waals surface area contributed by atoms with E-state index in [9.17, 15) is 9.18 Å². The quantitative estimate of drug-likeness (QED) is 0.934. The Morgan fingerprint density at radius 3 is 2.75 bits per heavy atom. The van der Waals surface area contributed by atoms with Gasteiger partial charge in [-0.3, -0.25) is 4.79 Å². The summed E-state index contributed by atoms with van der Waals surface area (Å²) >= 11 is 5.88. The molecule has 5 heteroatoms. The monoisotopic (exact) mass is 293 g/mol. The van der Waals surface area contributed by atoms with Crippen LogP contribution in [0.25, 0.3) is 0 Å². The Labute approximate surface area is 121 Å². The standard InChI is InChI=1S/C15H13ClFNO2/c1-20-14-7-6-11(16)9-13(14)18-15(19)8-10-4-2-3-5-12(10)17/h2-7,9H,8H2,1H3,(H,18,19). The van der Waals surface area contributed by atoms with Gasteiger partial charge in [0.25, 0.3) is 0 Å². The zero-order chi connectivity index (χ0) is 14.5. The number of anilines is 1. The zero-order valence-electron chi connectivity index (χ0n) is 10.8. The Hall–Kier alpha value is -2.07. The van der Waals surface area contributed by atoms with E-state index in [2.05, 4.69) is 5.32 Å². The van der Waals surface area contributed by atoms with Crippen molar-refractivity contribution in [2.45, 2.75) is 6.42 Å². The van der Waals surface area contributed by atoms with Gasteiger partial charge >= 0.3 is 0 Å². The summed E-state index contributed by atoms with van der Waals surface area (Å²) in [5.41, 5.74) is 0.798. The Bertz CT molecular complexity index is 631. The molecule has 0 saturated heterocycles. The van der Waals surface area contributed by atoms with E-state index < -0.39 is 5.82 Å². The van der Waals surface area contributed by atoms with Gasteiger partial charge in [-0.25, -0.2) is 4.39 Å². The Balaban J connectivity index is 2.12. The molecule has 0 aromatic heterocycles. The molecule has 2 aromatic rings. The fourth-order valence-electron chi connectivity index (χ4n) is 1.79. The Kier molecular flexibility index (Phi) is 4.58. The summed E-state index contributed by atoms with van der Waals surface area (Å²) in [6.45, 7) is 0. The second kappa shape index (κ2) is 6.39. The number of ether oxygens (including phenoxy) is 1. The number of nitrogens with one attached hydrogen (secondary N) is 1. The first kappa shape index (κ1) is 14.3. The van der Waals surface area contributed by atoms with Gasteiger partial charge in [0.15, 0.2) is 0 Å². The maximum Gasteiger partial charge on any atom is 0.229 e. The van der Waals surface area contributed by atoms with Crippen LogP contribution in [0.15, 0.2) is 42.5 Å². The first-order chi connectivity index (χ1) is 9.60. The highest BCUT2D eigenvalue weighted by Gasteiger charge is 2.11. The minimum absolute atomic E-state index is 0.0532. The summed E-state index contributed by atoms with van der Waals surface area (Å²) in [5.74, 6) is -0.243. The van der Waals surface area contributed by atoms with Crippen LogP contribution in [0.3, 0.4) is 0 Å². The topological polar surface area (TPSA) is 38.3 Å². The Morgan fingerprint density at radius 2 is 2.05 bits per heavy atom. The van der Waals surface area contributed by atoms with Crippen molar-refractivity contribution >= 4 is 23.2 Å². The van der Waals surface area contributed by atoms with Gasteiger partial charge in [-0.15, -0.1) is 0 Å². The molecule has 1 N–H and O–H groups in total. The molecule has 0 aliphatic carbocycles. The van der Waals surface area contributed by atoms with Gasteiger partial charge in [-0.05, 0) is 29.8 Å². The summed E-state index contributed by atoms with van der Waals surface area (Å²) in [5, 5.41) is 3.14. The van der Waals surface area contributed by atoms with Crippen molar-refractivity contribution in [2.24, 2.45) is 0 Å². The lowest BCUT2D eigenvalue weighted by Crippen LogP contribution is -2.15. The molecule has 20 heavy (non-hydrogen) atoms. The highest BCUT2D eigenvalue weighted by molar-refractivity contribution is 6.31. The van der Waals surface area contributed by atoms with E-state index >= 15 is 0 Å². The van der Waals surface area contributed by atoms with Gasteiger partial charge in [0.1, 0.15) is 11.6 Å². The van der Waals surface area contributed by atoms with Gasteiger partial charge < -0.3 is 10.1 Å². The lowest BCUT2D eigenvalue weighted by Gasteiger charge is -2.10. The summed E-state index contributed by atoms with van der Waals surface area (Å²) in [7, 11) is 1.50. The fourth-order valence-corrected chi connectivity index (χ4v) is 1.96. The number of halogens is 2. The van der Waals surface area contributed by atoms with Crippen LogP contribution >= 0.6 is 11.6 Å². The summed E-state index contributed by atoms with van der Waals surface area (Å²) in [4.78, 5) is 11.9. The summed E-state index contributed by atoms with van der Waals surface area (Å²) in [6.07, 6.45) is -0.0532. The van der Waals surface area contributed by atoms with Crippen LogP contribution in [0.1, 0.15) is 5.56 Å². The molecule has 0 aliphatic rings. The molecule has 1 amide bonds. The van der Waals surface area contributed by atoms with Crippen molar-refractivity contribution in [3.8, 4) is 5.75 Å². The van der Waals surface area contributed by atoms with Crippen LogP contribution < -0.4 is 10.1 Å². The summed E-state index contributed by atoms with van der Waals surface area (Å²) in [6, 6.07) is 11.1. The average molecular weight is 294 g/mol. The number of amides is 1. The number of hydrogen-bond acceptors (Lipinski definition) is 2. The third-order valence-electron chi connectivity index (χ3n) is 2.74. The van der Waals surface area contributed by atoms with Crippen LogP contribution in [0.2, 0.25) is 5.02 Å². The minimum Gasteiger partial charge on any atom is -0.495 e. The number of carbonyl (C=O) groups is 1. The van der Waals surface area contributed by atoms with Crippen molar-refractivity contribution in [3.05, 3.63) is 58.9 Å². The lowest BCUT2D eigenvalue weighted by atomic mass is 10.1. The number of carbonyl (C=O) groups excluding carboxylic acids is 1. The molecule has 3 nitrogen and oxygen atoms in total. The van der Waals surface area contributed by atoms with Crippen LogP contribution in [-0.4, -0.2) is 13.0 Å². The first-order valence-corrected chi connectivity index (χ1v) is 6.34. The molecule has 0 aliphatic heterocycles. The predicted octanol–water partition coefficient (Wildman–Crippen LogP) is 3.67. The van der Waals surface area contributed by atoms with E-state index in [1.807, 2.05) is 0 Å².